The summed E-state index contributed by atoms with van der Waals surface area (Å²) in [5.41, 5.74) is 11.7. The van der Waals surface area contributed by atoms with E-state index in [2.05, 4.69) is 0 Å². The Hall–Kier alpha value is -1.06. The Morgan fingerprint density at radius 1 is 1.47 bits per heavy atom. The van der Waals surface area contributed by atoms with Gasteiger partial charge in [0.25, 0.3) is 0 Å². The normalized spacial score (nSPS) is 12.4. The van der Waals surface area contributed by atoms with Gasteiger partial charge in [-0.3, -0.25) is 4.79 Å². The van der Waals surface area contributed by atoms with Gasteiger partial charge in [0.05, 0.1) is 6.04 Å². The van der Waals surface area contributed by atoms with Crippen LogP contribution in [0.3, 0.4) is 0 Å². The number of amides is 1. The number of hydrogen-bond donors (Lipinski definition) is 2. The van der Waals surface area contributed by atoms with Crippen molar-refractivity contribution in [2.75, 3.05) is 0 Å². The molecule has 0 aliphatic rings. The summed E-state index contributed by atoms with van der Waals surface area (Å²) >= 11 is 5.84. The van der Waals surface area contributed by atoms with E-state index in [-0.39, 0.29) is 0 Å². The van der Waals surface area contributed by atoms with Crippen molar-refractivity contribution in [2.24, 2.45) is 11.5 Å². The fourth-order valence-corrected chi connectivity index (χ4v) is 1.57. The van der Waals surface area contributed by atoms with E-state index in [1.54, 1.807) is 0 Å². The van der Waals surface area contributed by atoms with Crippen LogP contribution in [-0.4, -0.2) is 11.9 Å². The molecule has 1 aromatic rings. The molecule has 0 fully saturated rings. The highest BCUT2D eigenvalue weighted by molar-refractivity contribution is 6.30. The zero-order valence-electron chi connectivity index (χ0n) is 8.45. The highest BCUT2D eigenvalue weighted by Crippen LogP contribution is 2.13. The lowest BCUT2D eigenvalue weighted by Gasteiger charge is -2.06. The van der Waals surface area contributed by atoms with E-state index in [1.165, 1.54) is 0 Å². The number of rotatable bonds is 5. The third-order valence-corrected chi connectivity index (χ3v) is 2.47. The van der Waals surface area contributed by atoms with Gasteiger partial charge in [0.15, 0.2) is 0 Å². The first-order valence-electron chi connectivity index (χ1n) is 4.89. The topological polar surface area (TPSA) is 69.1 Å². The first-order valence-corrected chi connectivity index (χ1v) is 5.26. The first kappa shape index (κ1) is 12.0. The smallest absolute Gasteiger partial charge is 0.234 e. The Morgan fingerprint density at radius 3 is 2.80 bits per heavy atom. The van der Waals surface area contributed by atoms with E-state index in [9.17, 15) is 4.79 Å². The Balaban J connectivity index is 2.35. The zero-order chi connectivity index (χ0) is 11.3. The maximum Gasteiger partial charge on any atom is 0.234 e. The Kier molecular flexibility index (Phi) is 4.59. The average Bonchev–Trinajstić information content (AvgIpc) is 2.17. The van der Waals surface area contributed by atoms with E-state index in [4.69, 9.17) is 23.1 Å². The van der Waals surface area contributed by atoms with Gasteiger partial charge in [-0.2, -0.15) is 0 Å². The molecule has 1 aromatic carbocycles. The van der Waals surface area contributed by atoms with E-state index in [0.717, 1.165) is 23.4 Å². The van der Waals surface area contributed by atoms with Gasteiger partial charge in [0, 0.05) is 5.02 Å². The van der Waals surface area contributed by atoms with Crippen molar-refractivity contribution in [3.05, 3.63) is 34.9 Å². The van der Waals surface area contributed by atoms with Crippen molar-refractivity contribution in [3.63, 3.8) is 0 Å². The number of carbonyl (C=O) groups is 1. The van der Waals surface area contributed by atoms with E-state index in [0.29, 0.717) is 6.42 Å². The maximum atomic E-state index is 10.7. The summed E-state index contributed by atoms with van der Waals surface area (Å²) in [6.07, 6.45) is 2.31. The lowest BCUT2D eigenvalue weighted by Crippen LogP contribution is -2.36. The second-order valence-electron chi connectivity index (χ2n) is 3.53. The van der Waals surface area contributed by atoms with E-state index < -0.39 is 11.9 Å². The average molecular weight is 227 g/mol. The summed E-state index contributed by atoms with van der Waals surface area (Å²) in [6.45, 7) is 0. The van der Waals surface area contributed by atoms with Gasteiger partial charge in [-0.05, 0) is 37.0 Å². The molecule has 4 heteroatoms. The van der Waals surface area contributed by atoms with Crippen LogP contribution in [0.15, 0.2) is 24.3 Å². The molecule has 4 N–H and O–H groups in total. The SMILES string of the molecule is NC(=O)C(N)CCCc1cccc(Cl)c1. The Morgan fingerprint density at radius 2 is 2.20 bits per heavy atom. The third-order valence-electron chi connectivity index (χ3n) is 2.24. The van der Waals surface area contributed by atoms with Gasteiger partial charge < -0.3 is 11.5 Å². The van der Waals surface area contributed by atoms with Gasteiger partial charge >= 0.3 is 0 Å². The molecule has 15 heavy (non-hydrogen) atoms. The number of hydrogen-bond acceptors (Lipinski definition) is 2. The fourth-order valence-electron chi connectivity index (χ4n) is 1.36. The molecule has 82 valence electrons. The molecule has 0 bridgehead atoms. The molecule has 0 aliphatic heterocycles. The van der Waals surface area contributed by atoms with Crippen LogP contribution in [0.2, 0.25) is 5.02 Å². The van der Waals surface area contributed by atoms with Crippen LogP contribution in [0, 0.1) is 0 Å². The van der Waals surface area contributed by atoms with Crippen LogP contribution >= 0.6 is 11.6 Å². The standard InChI is InChI=1S/C11H15ClN2O/c12-9-5-1-3-8(7-9)4-2-6-10(13)11(14)15/h1,3,5,7,10H,2,4,6,13H2,(H2,14,15). The number of benzene rings is 1. The van der Waals surface area contributed by atoms with Crippen LogP contribution in [-0.2, 0) is 11.2 Å². The Labute approximate surface area is 94.4 Å². The third kappa shape index (κ3) is 4.32. The molecule has 0 aromatic heterocycles. The van der Waals surface area contributed by atoms with Crippen LogP contribution in [0.4, 0.5) is 0 Å². The van der Waals surface area contributed by atoms with Gasteiger partial charge in [0.1, 0.15) is 0 Å². The number of halogens is 1. The lowest BCUT2D eigenvalue weighted by atomic mass is 10.1. The summed E-state index contributed by atoms with van der Waals surface area (Å²) in [5, 5.41) is 0.728. The minimum Gasteiger partial charge on any atom is -0.368 e. The van der Waals surface area contributed by atoms with Gasteiger partial charge in [-0.15, -0.1) is 0 Å². The molecule has 1 atom stereocenters. The number of primary amides is 1. The highest BCUT2D eigenvalue weighted by Gasteiger charge is 2.07. The van der Waals surface area contributed by atoms with Crippen molar-refractivity contribution < 1.29 is 4.79 Å². The predicted octanol–water partition coefficient (Wildman–Crippen LogP) is 1.48. The van der Waals surface area contributed by atoms with Gasteiger partial charge in [0.2, 0.25) is 5.91 Å². The summed E-state index contributed by atoms with van der Waals surface area (Å²) < 4.78 is 0. The summed E-state index contributed by atoms with van der Waals surface area (Å²) in [7, 11) is 0. The van der Waals surface area contributed by atoms with E-state index in [1.807, 2.05) is 24.3 Å². The highest BCUT2D eigenvalue weighted by atomic mass is 35.5. The van der Waals surface area contributed by atoms with Crippen LogP contribution in [0.1, 0.15) is 18.4 Å². The first-order chi connectivity index (χ1) is 7.09. The number of carbonyl (C=O) groups excluding carboxylic acids is 1. The summed E-state index contributed by atoms with van der Waals surface area (Å²) in [5.74, 6) is -0.443. The molecule has 1 rings (SSSR count). The van der Waals surface area contributed by atoms with Gasteiger partial charge in [-0.25, -0.2) is 0 Å². The molecular weight excluding hydrogens is 212 g/mol. The molecule has 0 radical (unpaired) electrons. The number of nitrogens with two attached hydrogens (primary N) is 2. The zero-order valence-corrected chi connectivity index (χ0v) is 9.20. The summed E-state index contributed by atoms with van der Waals surface area (Å²) in [6, 6.07) is 7.12. The predicted molar refractivity (Wildman–Crippen MR) is 61.6 cm³/mol. The van der Waals surface area contributed by atoms with Crippen LogP contribution in [0.25, 0.3) is 0 Å². The largest absolute Gasteiger partial charge is 0.368 e. The van der Waals surface area contributed by atoms with Crippen molar-refractivity contribution in [1.29, 1.82) is 0 Å². The fraction of sp³-hybridized carbons (Fsp3) is 0.364. The van der Waals surface area contributed by atoms with E-state index >= 15 is 0 Å². The van der Waals surface area contributed by atoms with Crippen LogP contribution in [0.5, 0.6) is 0 Å². The Bertz CT molecular complexity index is 341. The molecule has 0 aliphatic carbocycles. The molecule has 0 heterocycles. The van der Waals surface area contributed by atoms with Crippen molar-refractivity contribution in [2.45, 2.75) is 25.3 Å². The second-order valence-corrected chi connectivity index (χ2v) is 3.97. The van der Waals surface area contributed by atoms with Crippen LogP contribution < -0.4 is 11.5 Å². The summed E-state index contributed by atoms with van der Waals surface area (Å²) in [4.78, 5) is 10.7. The molecular formula is C11H15ClN2O. The molecule has 1 unspecified atom stereocenters. The van der Waals surface area contributed by atoms with Gasteiger partial charge in [-0.1, -0.05) is 23.7 Å². The maximum absolute atomic E-state index is 10.7. The monoisotopic (exact) mass is 226 g/mol. The minimum absolute atomic E-state index is 0.443. The minimum atomic E-state index is -0.538. The molecule has 1 amide bonds. The molecule has 3 nitrogen and oxygen atoms in total. The molecule has 0 saturated heterocycles. The van der Waals surface area contributed by atoms with Crippen molar-refractivity contribution in [3.8, 4) is 0 Å². The van der Waals surface area contributed by atoms with Crippen molar-refractivity contribution >= 4 is 17.5 Å². The molecule has 0 saturated carbocycles. The molecule has 0 spiro atoms. The van der Waals surface area contributed by atoms with Crippen molar-refractivity contribution in [1.82, 2.24) is 0 Å². The number of aryl methyl sites for hydroxylation is 1. The second kappa shape index (κ2) is 5.73. The lowest BCUT2D eigenvalue weighted by molar-refractivity contribution is -0.119. The quantitative estimate of drug-likeness (QED) is 0.799.